The maximum atomic E-state index is 12.5. The molecule has 0 bridgehead atoms. The van der Waals surface area contributed by atoms with Crippen molar-refractivity contribution in [2.75, 3.05) is 0 Å². The van der Waals surface area contributed by atoms with Crippen LogP contribution in [0.4, 0.5) is 0 Å². The molecule has 1 aliphatic carbocycles. The van der Waals surface area contributed by atoms with Gasteiger partial charge in [0.25, 0.3) is 5.91 Å². The molecule has 28 heavy (non-hydrogen) atoms. The van der Waals surface area contributed by atoms with E-state index < -0.39 is 0 Å². The van der Waals surface area contributed by atoms with Crippen LogP contribution in [-0.2, 0) is 11.4 Å². The van der Waals surface area contributed by atoms with E-state index in [1.54, 1.807) is 6.08 Å². The van der Waals surface area contributed by atoms with Gasteiger partial charge in [-0.3, -0.25) is 4.79 Å². The fourth-order valence-electron chi connectivity index (χ4n) is 3.49. The van der Waals surface area contributed by atoms with E-state index in [-0.39, 0.29) is 17.5 Å². The number of nitriles is 1. The number of nitrogens with one attached hydrogen (secondary N) is 1. The van der Waals surface area contributed by atoms with Crippen molar-refractivity contribution in [2.45, 2.75) is 45.3 Å². The van der Waals surface area contributed by atoms with Crippen LogP contribution in [0.15, 0.2) is 60.2 Å². The van der Waals surface area contributed by atoms with Gasteiger partial charge in [-0.05, 0) is 48.1 Å². The number of ether oxygens (including phenoxy) is 1. The summed E-state index contributed by atoms with van der Waals surface area (Å²) in [5.74, 6) is 0.921. The molecule has 4 nitrogen and oxygen atoms in total. The zero-order valence-electron chi connectivity index (χ0n) is 16.2. The molecule has 0 aliphatic heterocycles. The van der Waals surface area contributed by atoms with Crippen molar-refractivity contribution in [3.8, 4) is 11.8 Å². The van der Waals surface area contributed by atoms with E-state index in [1.165, 1.54) is 6.42 Å². The standard InChI is InChI=1S/C24H26N2O2/c1-18-7-5-6-10-23(18)26-24(27)21(16-25)15-19-11-13-22(14-12-19)28-17-20-8-3-2-4-9-20/h2-4,8-9,11-15,18,23H,5-7,10,17H2,1H3,(H,26,27). The quantitative estimate of drug-likeness (QED) is 0.580. The fourth-order valence-corrected chi connectivity index (χ4v) is 3.49. The van der Waals surface area contributed by atoms with Gasteiger partial charge in [-0.2, -0.15) is 5.26 Å². The highest BCUT2D eigenvalue weighted by Gasteiger charge is 2.24. The average Bonchev–Trinajstić information content (AvgIpc) is 2.73. The third kappa shape index (κ3) is 5.47. The van der Waals surface area contributed by atoms with Crippen molar-refractivity contribution in [1.82, 2.24) is 5.32 Å². The van der Waals surface area contributed by atoms with Crippen molar-refractivity contribution in [1.29, 1.82) is 5.26 Å². The molecule has 1 aliphatic rings. The second kappa shape index (κ2) is 9.75. The van der Waals surface area contributed by atoms with Crippen LogP contribution in [0.3, 0.4) is 0 Å². The predicted molar refractivity (Wildman–Crippen MR) is 110 cm³/mol. The Morgan fingerprint density at radius 3 is 2.54 bits per heavy atom. The van der Waals surface area contributed by atoms with Crippen molar-refractivity contribution in [2.24, 2.45) is 5.92 Å². The summed E-state index contributed by atoms with van der Waals surface area (Å²) in [7, 11) is 0. The minimum atomic E-state index is -0.286. The van der Waals surface area contributed by atoms with Gasteiger partial charge in [-0.1, -0.05) is 62.2 Å². The highest BCUT2D eigenvalue weighted by atomic mass is 16.5. The summed E-state index contributed by atoms with van der Waals surface area (Å²) in [6.07, 6.45) is 6.09. The van der Waals surface area contributed by atoms with E-state index >= 15 is 0 Å². The Morgan fingerprint density at radius 2 is 1.86 bits per heavy atom. The highest BCUT2D eigenvalue weighted by molar-refractivity contribution is 6.01. The molecule has 0 aromatic heterocycles. The molecular weight excluding hydrogens is 348 g/mol. The SMILES string of the molecule is CC1CCCCC1NC(=O)C(C#N)=Cc1ccc(OCc2ccccc2)cc1. The van der Waals surface area contributed by atoms with Crippen LogP contribution in [0.1, 0.15) is 43.7 Å². The molecule has 144 valence electrons. The van der Waals surface area contributed by atoms with Crippen LogP contribution in [0.25, 0.3) is 6.08 Å². The second-order valence-corrected chi connectivity index (χ2v) is 7.35. The molecule has 0 saturated heterocycles. The number of carbonyl (C=O) groups is 1. The van der Waals surface area contributed by atoms with Gasteiger partial charge in [0.15, 0.2) is 0 Å². The largest absolute Gasteiger partial charge is 0.489 e. The molecule has 1 amide bonds. The predicted octanol–water partition coefficient (Wildman–Crippen LogP) is 4.87. The Kier molecular flexibility index (Phi) is 6.86. The Hall–Kier alpha value is -3.06. The van der Waals surface area contributed by atoms with Gasteiger partial charge in [0.1, 0.15) is 24.0 Å². The third-order valence-corrected chi connectivity index (χ3v) is 5.23. The van der Waals surface area contributed by atoms with Crippen LogP contribution >= 0.6 is 0 Å². The minimum Gasteiger partial charge on any atom is -0.489 e. The normalized spacial score (nSPS) is 19.5. The Morgan fingerprint density at radius 1 is 1.14 bits per heavy atom. The number of nitrogens with zero attached hydrogens (tertiary/aromatic N) is 1. The van der Waals surface area contributed by atoms with Crippen LogP contribution in [0.2, 0.25) is 0 Å². The van der Waals surface area contributed by atoms with Crippen molar-refractivity contribution < 1.29 is 9.53 Å². The molecule has 3 rings (SSSR count). The molecule has 0 spiro atoms. The lowest BCUT2D eigenvalue weighted by molar-refractivity contribution is -0.118. The first-order chi connectivity index (χ1) is 13.7. The summed E-state index contributed by atoms with van der Waals surface area (Å²) in [5, 5.41) is 12.4. The highest BCUT2D eigenvalue weighted by Crippen LogP contribution is 2.24. The zero-order chi connectivity index (χ0) is 19.8. The molecule has 2 aromatic rings. The smallest absolute Gasteiger partial charge is 0.262 e. The van der Waals surface area contributed by atoms with Gasteiger partial charge >= 0.3 is 0 Å². The fraction of sp³-hybridized carbons (Fsp3) is 0.333. The molecule has 0 radical (unpaired) electrons. The van der Waals surface area contributed by atoms with Gasteiger partial charge in [-0.25, -0.2) is 0 Å². The molecular formula is C24H26N2O2. The first-order valence-electron chi connectivity index (χ1n) is 9.85. The van der Waals surface area contributed by atoms with E-state index in [4.69, 9.17) is 4.74 Å². The molecule has 0 heterocycles. The molecule has 1 N–H and O–H groups in total. The number of rotatable bonds is 6. The van der Waals surface area contributed by atoms with Gasteiger partial charge in [-0.15, -0.1) is 0 Å². The molecule has 1 fully saturated rings. The maximum absolute atomic E-state index is 12.5. The Balaban J connectivity index is 1.60. The third-order valence-electron chi connectivity index (χ3n) is 5.23. The van der Waals surface area contributed by atoms with Gasteiger partial charge in [0.05, 0.1) is 0 Å². The van der Waals surface area contributed by atoms with Crippen LogP contribution < -0.4 is 10.1 Å². The number of hydrogen-bond acceptors (Lipinski definition) is 3. The van der Waals surface area contributed by atoms with E-state index in [9.17, 15) is 10.1 Å². The Labute approximate surface area is 166 Å². The van der Waals surface area contributed by atoms with Crippen molar-refractivity contribution in [3.05, 3.63) is 71.3 Å². The zero-order valence-corrected chi connectivity index (χ0v) is 16.2. The number of amides is 1. The van der Waals surface area contributed by atoms with Crippen LogP contribution in [-0.4, -0.2) is 11.9 Å². The van der Waals surface area contributed by atoms with E-state index in [0.717, 1.165) is 36.1 Å². The lowest BCUT2D eigenvalue weighted by Gasteiger charge is -2.29. The lowest BCUT2D eigenvalue weighted by atomic mass is 9.86. The van der Waals surface area contributed by atoms with E-state index in [0.29, 0.717) is 12.5 Å². The molecule has 2 unspecified atom stereocenters. The van der Waals surface area contributed by atoms with E-state index in [2.05, 4.69) is 12.2 Å². The maximum Gasteiger partial charge on any atom is 0.262 e. The molecule has 2 aromatic carbocycles. The summed E-state index contributed by atoms with van der Waals surface area (Å²) >= 11 is 0. The summed E-state index contributed by atoms with van der Waals surface area (Å²) in [5.41, 5.74) is 2.04. The average molecular weight is 374 g/mol. The van der Waals surface area contributed by atoms with Gasteiger partial charge in [0.2, 0.25) is 0 Å². The van der Waals surface area contributed by atoms with Gasteiger partial charge < -0.3 is 10.1 Å². The lowest BCUT2D eigenvalue weighted by Crippen LogP contribution is -2.41. The molecule has 4 heteroatoms. The number of carbonyl (C=O) groups excluding carboxylic acids is 1. The van der Waals surface area contributed by atoms with Gasteiger partial charge in [0, 0.05) is 6.04 Å². The first kappa shape index (κ1) is 19.7. The summed E-state index contributed by atoms with van der Waals surface area (Å²) in [6, 6.07) is 19.6. The summed E-state index contributed by atoms with van der Waals surface area (Å²) < 4.78 is 5.77. The van der Waals surface area contributed by atoms with Crippen molar-refractivity contribution >= 4 is 12.0 Å². The Bertz CT molecular complexity index is 850. The number of hydrogen-bond donors (Lipinski definition) is 1. The summed E-state index contributed by atoms with van der Waals surface area (Å²) in [6.45, 7) is 2.66. The topological polar surface area (TPSA) is 62.1 Å². The van der Waals surface area contributed by atoms with Crippen LogP contribution in [0.5, 0.6) is 5.75 Å². The molecule has 2 atom stereocenters. The number of benzene rings is 2. The van der Waals surface area contributed by atoms with Crippen molar-refractivity contribution in [3.63, 3.8) is 0 Å². The second-order valence-electron chi connectivity index (χ2n) is 7.35. The van der Waals surface area contributed by atoms with Crippen LogP contribution in [0, 0.1) is 17.2 Å². The first-order valence-corrected chi connectivity index (χ1v) is 9.85. The van der Waals surface area contributed by atoms with E-state index in [1.807, 2.05) is 60.7 Å². The molecule has 1 saturated carbocycles. The summed E-state index contributed by atoms with van der Waals surface area (Å²) in [4.78, 5) is 12.5. The monoisotopic (exact) mass is 374 g/mol. The minimum absolute atomic E-state index is 0.135.